The van der Waals surface area contributed by atoms with Gasteiger partial charge in [-0.2, -0.15) is 0 Å². The Morgan fingerprint density at radius 3 is 2.28 bits per heavy atom. The zero-order valence-corrected chi connectivity index (χ0v) is 14.8. The molecule has 0 aliphatic rings. The van der Waals surface area contributed by atoms with E-state index in [1.807, 2.05) is 42.5 Å². The number of ether oxygens (including phenoxy) is 2. The number of alkyl halides is 1. The maximum Gasteiger partial charge on any atom is 0.224 e. The van der Waals surface area contributed by atoms with Crippen LogP contribution in [-0.4, -0.2) is 26.3 Å². The standard InChI is InChI=1S/C20H24FNO3/c1-14(21)10-15-6-4-7-16(11-15)12-20(23)22-13-17-18(24-2)8-5-9-19(17)25-3/h4-9,11,14H,10,12-13H2,1-3H3,(H,22,23). The molecule has 0 fully saturated rings. The van der Waals surface area contributed by atoms with E-state index >= 15 is 0 Å². The predicted octanol–water partition coefficient (Wildman–Crippen LogP) is 3.46. The quantitative estimate of drug-likeness (QED) is 0.797. The second-order valence-electron chi connectivity index (χ2n) is 5.90. The van der Waals surface area contributed by atoms with Gasteiger partial charge in [-0.05, 0) is 30.2 Å². The second-order valence-corrected chi connectivity index (χ2v) is 5.90. The van der Waals surface area contributed by atoms with Gasteiger partial charge in [-0.1, -0.05) is 30.3 Å². The fraction of sp³-hybridized carbons (Fsp3) is 0.350. The van der Waals surface area contributed by atoms with Gasteiger partial charge in [0.25, 0.3) is 0 Å². The number of hydrogen-bond acceptors (Lipinski definition) is 3. The third kappa shape index (κ3) is 5.48. The molecule has 4 nitrogen and oxygen atoms in total. The molecular weight excluding hydrogens is 321 g/mol. The molecule has 5 heteroatoms. The topological polar surface area (TPSA) is 47.6 Å². The van der Waals surface area contributed by atoms with E-state index in [2.05, 4.69) is 5.32 Å². The number of rotatable bonds is 8. The SMILES string of the molecule is COc1cccc(OC)c1CNC(=O)Cc1cccc(CC(C)F)c1. The van der Waals surface area contributed by atoms with E-state index in [0.717, 1.165) is 16.7 Å². The highest BCUT2D eigenvalue weighted by Crippen LogP contribution is 2.27. The van der Waals surface area contributed by atoms with E-state index in [-0.39, 0.29) is 12.3 Å². The molecule has 25 heavy (non-hydrogen) atoms. The molecule has 0 aromatic heterocycles. The first-order valence-electron chi connectivity index (χ1n) is 8.22. The summed E-state index contributed by atoms with van der Waals surface area (Å²) < 4.78 is 23.8. The first-order valence-corrected chi connectivity index (χ1v) is 8.22. The fourth-order valence-electron chi connectivity index (χ4n) is 2.73. The molecule has 2 aromatic carbocycles. The minimum Gasteiger partial charge on any atom is -0.496 e. The lowest BCUT2D eigenvalue weighted by Crippen LogP contribution is -2.25. The van der Waals surface area contributed by atoms with Gasteiger partial charge in [0, 0.05) is 6.42 Å². The molecule has 0 aliphatic heterocycles. The first-order chi connectivity index (χ1) is 12.0. The Kier molecular flexibility index (Phi) is 6.81. The largest absolute Gasteiger partial charge is 0.496 e. The van der Waals surface area contributed by atoms with Crippen molar-refractivity contribution in [1.82, 2.24) is 5.32 Å². The minimum atomic E-state index is -0.901. The van der Waals surface area contributed by atoms with Crippen molar-refractivity contribution in [1.29, 1.82) is 0 Å². The number of carbonyl (C=O) groups is 1. The third-order valence-electron chi connectivity index (χ3n) is 3.87. The zero-order valence-electron chi connectivity index (χ0n) is 14.8. The Morgan fingerprint density at radius 2 is 1.68 bits per heavy atom. The van der Waals surface area contributed by atoms with Crippen LogP contribution in [0.1, 0.15) is 23.6 Å². The number of halogens is 1. The van der Waals surface area contributed by atoms with Gasteiger partial charge in [0.1, 0.15) is 17.7 Å². The lowest BCUT2D eigenvalue weighted by atomic mass is 10.0. The highest BCUT2D eigenvalue weighted by molar-refractivity contribution is 5.78. The molecule has 0 spiro atoms. The summed E-state index contributed by atoms with van der Waals surface area (Å²) in [6.07, 6.45) is -0.304. The van der Waals surface area contributed by atoms with Crippen molar-refractivity contribution in [2.24, 2.45) is 0 Å². The molecule has 0 bridgehead atoms. The molecule has 134 valence electrons. The summed E-state index contributed by atoms with van der Waals surface area (Å²) in [7, 11) is 3.16. The molecule has 0 radical (unpaired) electrons. The van der Waals surface area contributed by atoms with Gasteiger partial charge in [-0.25, -0.2) is 4.39 Å². The highest BCUT2D eigenvalue weighted by Gasteiger charge is 2.12. The van der Waals surface area contributed by atoms with Gasteiger partial charge in [-0.3, -0.25) is 4.79 Å². The molecule has 1 atom stereocenters. The fourth-order valence-corrected chi connectivity index (χ4v) is 2.73. The van der Waals surface area contributed by atoms with Gasteiger partial charge in [0.15, 0.2) is 0 Å². The average molecular weight is 345 g/mol. The molecule has 0 saturated heterocycles. The van der Waals surface area contributed by atoms with E-state index in [1.54, 1.807) is 14.2 Å². The Labute approximate surface area is 148 Å². The molecule has 0 saturated carbocycles. The highest BCUT2D eigenvalue weighted by atomic mass is 19.1. The van der Waals surface area contributed by atoms with Crippen LogP contribution in [0, 0.1) is 0 Å². The van der Waals surface area contributed by atoms with Crippen LogP contribution in [0.25, 0.3) is 0 Å². The maximum atomic E-state index is 13.1. The van der Waals surface area contributed by atoms with Crippen molar-refractivity contribution in [3.8, 4) is 11.5 Å². The van der Waals surface area contributed by atoms with Crippen molar-refractivity contribution >= 4 is 5.91 Å². The van der Waals surface area contributed by atoms with Crippen molar-refractivity contribution < 1.29 is 18.7 Å². The van der Waals surface area contributed by atoms with Gasteiger partial charge in [0.05, 0.1) is 32.7 Å². The van der Waals surface area contributed by atoms with Crippen LogP contribution < -0.4 is 14.8 Å². The number of hydrogen-bond donors (Lipinski definition) is 1. The Morgan fingerprint density at radius 1 is 1.08 bits per heavy atom. The Balaban J connectivity index is 2.00. The molecular formula is C20H24FNO3. The Bertz CT molecular complexity index is 694. The third-order valence-corrected chi connectivity index (χ3v) is 3.87. The summed E-state index contributed by atoms with van der Waals surface area (Å²) in [5.41, 5.74) is 2.55. The Hall–Kier alpha value is -2.56. The minimum absolute atomic E-state index is 0.113. The summed E-state index contributed by atoms with van der Waals surface area (Å²) in [6, 6.07) is 13.0. The van der Waals surface area contributed by atoms with Crippen LogP contribution in [0.2, 0.25) is 0 Å². The van der Waals surface area contributed by atoms with Gasteiger partial charge < -0.3 is 14.8 Å². The van der Waals surface area contributed by atoms with E-state index in [4.69, 9.17) is 9.47 Å². The van der Waals surface area contributed by atoms with E-state index in [0.29, 0.717) is 24.5 Å². The van der Waals surface area contributed by atoms with Crippen LogP contribution in [0.4, 0.5) is 4.39 Å². The maximum absolute atomic E-state index is 13.1. The van der Waals surface area contributed by atoms with Crippen LogP contribution in [0.5, 0.6) is 11.5 Å². The molecule has 0 aliphatic carbocycles. The van der Waals surface area contributed by atoms with Crippen LogP contribution in [-0.2, 0) is 24.2 Å². The second kappa shape index (κ2) is 9.06. The van der Waals surface area contributed by atoms with Crippen molar-refractivity contribution in [2.75, 3.05) is 14.2 Å². The monoisotopic (exact) mass is 345 g/mol. The van der Waals surface area contributed by atoms with Crippen LogP contribution >= 0.6 is 0 Å². The number of methoxy groups -OCH3 is 2. The normalized spacial score (nSPS) is 11.7. The van der Waals surface area contributed by atoms with Gasteiger partial charge in [0.2, 0.25) is 5.91 Å². The number of benzene rings is 2. The van der Waals surface area contributed by atoms with Crippen molar-refractivity contribution in [2.45, 2.75) is 32.5 Å². The molecule has 1 amide bonds. The number of amides is 1. The number of carbonyl (C=O) groups excluding carboxylic acids is 1. The van der Waals surface area contributed by atoms with E-state index in [9.17, 15) is 9.18 Å². The lowest BCUT2D eigenvalue weighted by molar-refractivity contribution is -0.120. The van der Waals surface area contributed by atoms with Gasteiger partial charge >= 0.3 is 0 Å². The van der Waals surface area contributed by atoms with E-state index in [1.165, 1.54) is 6.92 Å². The lowest BCUT2D eigenvalue weighted by Gasteiger charge is -2.14. The zero-order chi connectivity index (χ0) is 18.2. The summed E-state index contributed by atoms with van der Waals surface area (Å²) in [4.78, 5) is 12.3. The van der Waals surface area contributed by atoms with Crippen molar-refractivity contribution in [3.63, 3.8) is 0 Å². The molecule has 1 N–H and O–H groups in total. The summed E-state index contributed by atoms with van der Waals surface area (Å²) >= 11 is 0. The van der Waals surface area contributed by atoms with Crippen molar-refractivity contribution in [3.05, 3.63) is 59.2 Å². The number of nitrogens with one attached hydrogen (secondary N) is 1. The molecule has 2 rings (SSSR count). The molecule has 0 heterocycles. The smallest absolute Gasteiger partial charge is 0.224 e. The van der Waals surface area contributed by atoms with Crippen LogP contribution in [0.15, 0.2) is 42.5 Å². The van der Waals surface area contributed by atoms with E-state index < -0.39 is 6.17 Å². The first kappa shape index (κ1) is 18.8. The molecule has 1 unspecified atom stereocenters. The average Bonchev–Trinajstić information content (AvgIpc) is 2.59. The van der Waals surface area contributed by atoms with Crippen LogP contribution in [0.3, 0.4) is 0 Å². The summed E-state index contributed by atoms with van der Waals surface area (Å²) in [5, 5.41) is 2.88. The summed E-state index contributed by atoms with van der Waals surface area (Å²) in [5.74, 6) is 1.22. The van der Waals surface area contributed by atoms with Gasteiger partial charge in [-0.15, -0.1) is 0 Å². The summed E-state index contributed by atoms with van der Waals surface area (Å²) in [6.45, 7) is 1.84. The predicted molar refractivity (Wildman–Crippen MR) is 95.8 cm³/mol. The molecule has 2 aromatic rings.